The topological polar surface area (TPSA) is 34.1 Å². The third kappa shape index (κ3) is 3.38. The van der Waals surface area contributed by atoms with E-state index < -0.39 is 11.7 Å². The van der Waals surface area contributed by atoms with E-state index in [2.05, 4.69) is 0 Å². The lowest BCUT2D eigenvalue weighted by atomic mass is 9.87. The number of carbonyl (C=O) groups excluding carboxylic acids is 2. The second-order valence-corrected chi connectivity index (χ2v) is 4.74. The fraction of sp³-hybridized carbons (Fsp3) is 0.176. The Hall–Kier alpha value is -2.29. The number of hydrogen-bond donors (Lipinski definition) is 0. The maximum atomic E-state index is 13.2. The minimum atomic E-state index is -0.560. The Morgan fingerprint density at radius 2 is 1.75 bits per heavy atom. The molecule has 2 aromatic carbocycles. The van der Waals surface area contributed by atoms with Gasteiger partial charge in [-0.05, 0) is 24.6 Å². The minimum Gasteiger partial charge on any atom is -0.300 e. The van der Waals surface area contributed by atoms with Gasteiger partial charge in [0.2, 0.25) is 0 Å². The normalized spacial score (nSPS) is 11.9. The van der Waals surface area contributed by atoms with Crippen LogP contribution in [0, 0.1) is 5.82 Å². The van der Waals surface area contributed by atoms with Gasteiger partial charge in [0.25, 0.3) is 0 Å². The van der Waals surface area contributed by atoms with Gasteiger partial charge in [0, 0.05) is 12.0 Å². The number of hydrogen-bond acceptors (Lipinski definition) is 2. The van der Waals surface area contributed by atoms with Crippen LogP contribution in [0.1, 0.15) is 35.2 Å². The summed E-state index contributed by atoms with van der Waals surface area (Å²) in [7, 11) is 0. The summed E-state index contributed by atoms with van der Waals surface area (Å²) in [6, 6.07) is 14.7. The zero-order valence-electron chi connectivity index (χ0n) is 11.2. The lowest BCUT2D eigenvalue weighted by molar-refractivity contribution is -0.117. The van der Waals surface area contributed by atoms with Crippen LogP contribution >= 0.6 is 0 Å². The quantitative estimate of drug-likeness (QED) is 0.775. The molecule has 2 aromatic rings. The molecule has 0 saturated carbocycles. The molecule has 0 spiro atoms. The van der Waals surface area contributed by atoms with E-state index in [4.69, 9.17) is 0 Å². The Labute approximate surface area is 117 Å². The molecule has 3 heteroatoms. The van der Waals surface area contributed by atoms with E-state index in [1.807, 2.05) is 30.3 Å². The molecule has 0 aromatic heterocycles. The van der Waals surface area contributed by atoms with Crippen molar-refractivity contribution in [3.63, 3.8) is 0 Å². The molecule has 1 unspecified atom stereocenters. The van der Waals surface area contributed by atoms with Crippen molar-refractivity contribution in [3.05, 3.63) is 71.5 Å². The van der Waals surface area contributed by atoms with Gasteiger partial charge < -0.3 is 0 Å². The van der Waals surface area contributed by atoms with Crippen molar-refractivity contribution in [1.29, 1.82) is 0 Å². The van der Waals surface area contributed by atoms with E-state index in [0.29, 0.717) is 5.56 Å². The molecule has 0 saturated heterocycles. The Kier molecular flexibility index (Phi) is 4.41. The molecule has 0 heterocycles. The van der Waals surface area contributed by atoms with Crippen LogP contribution in [0.4, 0.5) is 4.39 Å². The fourth-order valence-electron chi connectivity index (χ4n) is 2.18. The highest BCUT2D eigenvalue weighted by atomic mass is 19.1. The first-order valence-electron chi connectivity index (χ1n) is 6.42. The molecule has 102 valence electrons. The van der Waals surface area contributed by atoms with Crippen molar-refractivity contribution < 1.29 is 14.0 Å². The van der Waals surface area contributed by atoms with Crippen molar-refractivity contribution in [2.24, 2.45) is 0 Å². The maximum absolute atomic E-state index is 13.2. The third-order valence-electron chi connectivity index (χ3n) is 3.12. The van der Waals surface area contributed by atoms with Crippen molar-refractivity contribution in [1.82, 2.24) is 0 Å². The Balaban J connectivity index is 2.36. The molecule has 20 heavy (non-hydrogen) atoms. The predicted octanol–water partition coefficient (Wildman–Crippen LogP) is 3.77. The van der Waals surface area contributed by atoms with Gasteiger partial charge in [-0.2, -0.15) is 0 Å². The highest BCUT2D eigenvalue weighted by Crippen LogP contribution is 2.25. The molecule has 0 aliphatic carbocycles. The number of benzene rings is 2. The lowest BCUT2D eigenvalue weighted by Crippen LogP contribution is -2.16. The molecule has 0 fully saturated rings. The van der Waals surface area contributed by atoms with Crippen LogP contribution < -0.4 is 0 Å². The van der Waals surface area contributed by atoms with Gasteiger partial charge in [-0.15, -0.1) is 0 Å². The van der Waals surface area contributed by atoms with Crippen LogP contribution in [0.5, 0.6) is 0 Å². The summed E-state index contributed by atoms with van der Waals surface area (Å²) in [6.07, 6.45) is 0.124. The van der Waals surface area contributed by atoms with Crippen LogP contribution in [-0.2, 0) is 4.79 Å². The summed E-state index contributed by atoms with van der Waals surface area (Å²) < 4.78 is 13.2. The molecule has 1 atom stereocenters. The number of Topliss-reactive ketones (excluding diaryl/α,β-unsaturated/α-hetero) is 2. The lowest BCUT2D eigenvalue weighted by Gasteiger charge is -2.15. The zero-order valence-corrected chi connectivity index (χ0v) is 11.2. The third-order valence-corrected chi connectivity index (χ3v) is 3.12. The van der Waals surface area contributed by atoms with Crippen LogP contribution in [0.3, 0.4) is 0 Å². The molecule has 2 rings (SSSR count). The molecule has 0 N–H and O–H groups in total. The summed E-state index contributed by atoms with van der Waals surface area (Å²) in [5.74, 6) is -1.31. The number of carbonyl (C=O) groups is 2. The van der Waals surface area contributed by atoms with Gasteiger partial charge >= 0.3 is 0 Å². The van der Waals surface area contributed by atoms with Crippen LogP contribution in [0.25, 0.3) is 0 Å². The highest BCUT2D eigenvalue weighted by molar-refractivity contribution is 6.03. The van der Waals surface area contributed by atoms with Crippen LogP contribution in [0.15, 0.2) is 54.6 Å². The summed E-state index contributed by atoms with van der Waals surface area (Å²) in [5.41, 5.74) is 1.07. The molecule has 0 bridgehead atoms. The molecule has 2 nitrogen and oxygen atoms in total. The Morgan fingerprint density at radius 1 is 1.05 bits per heavy atom. The van der Waals surface area contributed by atoms with E-state index in [1.165, 1.54) is 25.1 Å². The second-order valence-electron chi connectivity index (χ2n) is 4.74. The number of halogens is 1. The first-order valence-corrected chi connectivity index (χ1v) is 6.42. The molecular weight excluding hydrogens is 255 g/mol. The Bertz CT molecular complexity index is 620. The minimum absolute atomic E-state index is 0.0661. The van der Waals surface area contributed by atoms with Crippen molar-refractivity contribution >= 4 is 11.6 Å². The number of ketones is 2. The molecule has 0 radical (unpaired) electrons. The SMILES string of the molecule is CC(=O)CC(C(=O)c1cccc(F)c1)c1ccccc1. The van der Waals surface area contributed by atoms with Crippen molar-refractivity contribution in [3.8, 4) is 0 Å². The van der Waals surface area contributed by atoms with Gasteiger partial charge in [0.1, 0.15) is 11.6 Å². The van der Waals surface area contributed by atoms with Gasteiger partial charge in [0.15, 0.2) is 5.78 Å². The average molecular weight is 270 g/mol. The Morgan fingerprint density at radius 3 is 2.35 bits per heavy atom. The zero-order chi connectivity index (χ0) is 14.5. The standard InChI is InChI=1S/C17H15FO2/c1-12(19)10-16(13-6-3-2-4-7-13)17(20)14-8-5-9-15(18)11-14/h2-9,11,16H,10H2,1H3. The van der Waals surface area contributed by atoms with Crippen molar-refractivity contribution in [2.45, 2.75) is 19.3 Å². The monoisotopic (exact) mass is 270 g/mol. The predicted molar refractivity (Wildman–Crippen MR) is 75.2 cm³/mol. The van der Waals surface area contributed by atoms with Crippen LogP contribution in [0.2, 0.25) is 0 Å². The largest absolute Gasteiger partial charge is 0.300 e. The highest BCUT2D eigenvalue weighted by Gasteiger charge is 2.23. The van der Waals surface area contributed by atoms with E-state index in [-0.39, 0.29) is 18.0 Å². The smallest absolute Gasteiger partial charge is 0.170 e. The first-order chi connectivity index (χ1) is 9.58. The first kappa shape index (κ1) is 14.1. The summed E-state index contributed by atoms with van der Waals surface area (Å²) in [4.78, 5) is 23.9. The van der Waals surface area contributed by atoms with Gasteiger partial charge in [-0.1, -0.05) is 42.5 Å². The molecule has 0 amide bonds. The van der Waals surface area contributed by atoms with Gasteiger partial charge in [-0.25, -0.2) is 4.39 Å². The van der Waals surface area contributed by atoms with E-state index in [9.17, 15) is 14.0 Å². The maximum Gasteiger partial charge on any atom is 0.170 e. The number of rotatable bonds is 5. The van der Waals surface area contributed by atoms with E-state index >= 15 is 0 Å². The average Bonchev–Trinajstić information content (AvgIpc) is 2.45. The molecule has 0 aliphatic heterocycles. The van der Waals surface area contributed by atoms with Crippen molar-refractivity contribution in [2.75, 3.05) is 0 Å². The van der Waals surface area contributed by atoms with Crippen LogP contribution in [-0.4, -0.2) is 11.6 Å². The van der Waals surface area contributed by atoms with E-state index in [1.54, 1.807) is 6.07 Å². The summed E-state index contributed by atoms with van der Waals surface area (Å²) >= 11 is 0. The summed E-state index contributed by atoms with van der Waals surface area (Å²) in [6.45, 7) is 1.45. The summed E-state index contributed by atoms with van der Waals surface area (Å²) in [5, 5.41) is 0. The molecule has 0 aliphatic rings. The fourth-order valence-corrected chi connectivity index (χ4v) is 2.18. The van der Waals surface area contributed by atoms with E-state index in [0.717, 1.165) is 5.56 Å². The van der Waals surface area contributed by atoms with Gasteiger partial charge in [0.05, 0.1) is 5.92 Å². The molecular formula is C17H15FO2. The second kappa shape index (κ2) is 6.24. The van der Waals surface area contributed by atoms with Gasteiger partial charge in [-0.3, -0.25) is 9.59 Å².